The van der Waals surface area contributed by atoms with E-state index >= 15 is 0 Å². The summed E-state index contributed by atoms with van der Waals surface area (Å²) in [6.45, 7) is 2.91. The highest BCUT2D eigenvalue weighted by Gasteiger charge is 2.39. The van der Waals surface area contributed by atoms with Crippen molar-refractivity contribution in [3.05, 3.63) is 17.0 Å². The normalized spacial score (nSPS) is 29.3. The molecule has 1 aliphatic rings. The Kier molecular flexibility index (Phi) is 3.41. The lowest BCUT2D eigenvalue weighted by atomic mass is 9.97. The van der Waals surface area contributed by atoms with Crippen LogP contribution < -0.4 is 5.32 Å². The van der Waals surface area contributed by atoms with Gasteiger partial charge in [0.1, 0.15) is 22.3 Å². The van der Waals surface area contributed by atoms with Crippen LogP contribution in [0.25, 0.3) is 0 Å². The maximum Gasteiger partial charge on any atom is 0.130 e. The Morgan fingerprint density at radius 3 is 3.12 bits per heavy atom. The lowest BCUT2D eigenvalue weighted by Crippen LogP contribution is -2.43. The second kappa shape index (κ2) is 4.65. The van der Waals surface area contributed by atoms with Crippen LogP contribution in [0.1, 0.15) is 13.3 Å². The van der Waals surface area contributed by atoms with Gasteiger partial charge in [-0.05, 0) is 22.9 Å². The lowest BCUT2D eigenvalue weighted by Gasteiger charge is -2.26. The van der Waals surface area contributed by atoms with E-state index in [1.165, 1.54) is 6.33 Å². The van der Waals surface area contributed by atoms with E-state index in [1.807, 2.05) is 6.92 Å². The van der Waals surface area contributed by atoms with Gasteiger partial charge >= 0.3 is 0 Å². The summed E-state index contributed by atoms with van der Waals surface area (Å²) in [7, 11) is 0. The van der Waals surface area contributed by atoms with E-state index < -0.39 is 5.60 Å². The molecular weight excluding hydrogens is 274 g/mol. The van der Waals surface area contributed by atoms with Crippen molar-refractivity contribution in [2.45, 2.75) is 25.0 Å². The molecule has 0 radical (unpaired) electrons. The van der Waals surface area contributed by atoms with Crippen LogP contribution in [0.5, 0.6) is 0 Å². The van der Waals surface area contributed by atoms with Gasteiger partial charge in [0.05, 0.1) is 6.10 Å². The molecule has 2 unspecified atom stereocenters. The number of aliphatic hydroxyl groups is 1. The van der Waals surface area contributed by atoms with Crippen molar-refractivity contribution in [1.29, 1.82) is 0 Å². The summed E-state index contributed by atoms with van der Waals surface area (Å²) >= 11 is 3.26. The fourth-order valence-electron chi connectivity index (χ4n) is 1.68. The molecule has 16 heavy (non-hydrogen) atoms. The molecule has 88 valence electrons. The molecule has 6 heteroatoms. The first-order chi connectivity index (χ1) is 7.60. The van der Waals surface area contributed by atoms with Crippen molar-refractivity contribution in [1.82, 2.24) is 9.97 Å². The van der Waals surface area contributed by atoms with Gasteiger partial charge in [-0.2, -0.15) is 0 Å². The Morgan fingerprint density at radius 1 is 1.69 bits per heavy atom. The van der Waals surface area contributed by atoms with Crippen LogP contribution in [0.2, 0.25) is 0 Å². The van der Waals surface area contributed by atoms with Crippen LogP contribution in [-0.2, 0) is 4.74 Å². The van der Waals surface area contributed by atoms with Gasteiger partial charge in [-0.3, -0.25) is 0 Å². The van der Waals surface area contributed by atoms with Crippen molar-refractivity contribution in [2.75, 3.05) is 18.5 Å². The summed E-state index contributed by atoms with van der Waals surface area (Å²) in [4.78, 5) is 7.98. The summed E-state index contributed by atoms with van der Waals surface area (Å²) in [5, 5.41) is 13.3. The number of ether oxygens (including phenoxy) is 1. The van der Waals surface area contributed by atoms with Crippen LogP contribution in [0, 0.1) is 0 Å². The zero-order valence-electron chi connectivity index (χ0n) is 8.98. The summed E-state index contributed by atoms with van der Waals surface area (Å²) in [5.41, 5.74) is -0.808. The first-order valence-corrected chi connectivity index (χ1v) is 5.95. The summed E-state index contributed by atoms with van der Waals surface area (Å²) < 4.78 is 6.06. The number of aromatic nitrogens is 2. The van der Waals surface area contributed by atoms with Crippen LogP contribution in [0.15, 0.2) is 17.0 Å². The number of nitrogens with one attached hydrogen (secondary N) is 1. The highest BCUT2D eigenvalue weighted by atomic mass is 79.9. The molecule has 2 heterocycles. The summed E-state index contributed by atoms with van der Waals surface area (Å²) in [5.74, 6) is 0.689. The second-order valence-electron chi connectivity index (χ2n) is 3.95. The Morgan fingerprint density at radius 2 is 2.50 bits per heavy atom. The number of nitrogens with zero attached hydrogens (tertiary/aromatic N) is 2. The smallest absolute Gasteiger partial charge is 0.130 e. The Bertz CT molecular complexity index is 377. The number of anilines is 1. The van der Waals surface area contributed by atoms with E-state index in [2.05, 4.69) is 31.2 Å². The number of hydrogen-bond acceptors (Lipinski definition) is 5. The highest BCUT2D eigenvalue weighted by molar-refractivity contribution is 9.10. The first-order valence-electron chi connectivity index (χ1n) is 5.15. The first kappa shape index (κ1) is 11.8. The third kappa shape index (κ3) is 2.50. The molecule has 0 spiro atoms. The molecule has 2 atom stereocenters. The van der Waals surface area contributed by atoms with Crippen LogP contribution in [-0.4, -0.2) is 39.9 Å². The van der Waals surface area contributed by atoms with E-state index in [0.717, 1.165) is 0 Å². The van der Waals surface area contributed by atoms with Crippen molar-refractivity contribution >= 4 is 21.7 Å². The zero-order valence-corrected chi connectivity index (χ0v) is 10.6. The predicted molar refractivity (Wildman–Crippen MR) is 63.2 cm³/mol. The van der Waals surface area contributed by atoms with Gasteiger partial charge in [0.15, 0.2) is 0 Å². The van der Waals surface area contributed by atoms with Crippen LogP contribution >= 0.6 is 15.9 Å². The minimum atomic E-state index is -0.808. The van der Waals surface area contributed by atoms with Crippen molar-refractivity contribution in [2.24, 2.45) is 0 Å². The summed E-state index contributed by atoms with van der Waals surface area (Å²) in [6.07, 6.45) is 1.96. The van der Waals surface area contributed by atoms with Gasteiger partial charge in [-0.1, -0.05) is 0 Å². The van der Waals surface area contributed by atoms with Gasteiger partial charge in [0.25, 0.3) is 0 Å². The van der Waals surface area contributed by atoms with Gasteiger partial charge in [-0.25, -0.2) is 9.97 Å². The maximum atomic E-state index is 10.2. The standard InChI is InChI=1S/C10H14BrN3O2/c1-7-10(15,2-3-16-7)5-12-9-4-8(11)13-6-14-9/h4,6-7,15H,2-3,5H2,1H3,(H,12,13,14). The predicted octanol–water partition coefficient (Wildman–Crippen LogP) is 1.19. The maximum absolute atomic E-state index is 10.2. The van der Waals surface area contributed by atoms with E-state index in [0.29, 0.717) is 30.0 Å². The third-order valence-corrected chi connectivity index (χ3v) is 3.30. The van der Waals surface area contributed by atoms with Gasteiger partial charge in [0, 0.05) is 25.6 Å². The molecule has 1 saturated heterocycles. The zero-order chi connectivity index (χ0) is 11.6. The minimum Gasteiger partial charge on any atom is -0.385 e. The van der Waals surface area contributed by atoms with Gasteiger partial charge in [-0.15, -0.1) is 0 Å². The Balaban J connectivity index is 1.97. The Hall–Kier alpha value is -0.720. The van der Waals surface area contributed by atoms with Crippen molar-refractivity contribution in [3.8, 4) is 0 Å². The van der Waals surface area contributed by atoms with Gasteiger partial charge < -0.3 is 15.2 Å². The molecule has 2 rings (SSSR count). The monoisotopic (exact) mass is 287 g/mol. The topological polar surface area (TPSA) is 67.3 Å². The van der Waals surface area contributed by atoms with Crippen LogP contribution in [0.4, 0.5) is 5.82 Å². The average Bonchev–Trinajstić information content (AvgIpc) is 2.58. The molecule has 0 aliphatic carbocycles. The molecule has 1 aromatic heterocycles. The average molecular weight is 288 g/mol. The largest absolute Gasteiger partial charge is 0.385 e. The SMILES string of the molecule is CC1OCCC1(O)CNc1cc(Br)ncn1. The third-order valence-electron chi connectivity index (χ3n) is 2.87. The Labute approximate surface area is 102 Å². The molecule has 1 aliphatic heterocycles. The van der Waals surface area contributed by atoms with E-state index in [-0.39, 0.29) is 6.10 Å². The van der Waals surface area contributed by atoms with Crippen molar-refractivity contribution < 1.29 is 9.84 Å². The van der Waals surface area contributed by atoms with E-state index in [1.54, 1.807) is 6.07 Å². The molecule has 0 amide bonds. The minimum absolute atomic E-state index is 0.148. The molecule has 1 fully saturated rings. The lowest BCUT2D eigenvalue weighted by molar-refractivity contribution is -0.0176. The molecule has 2 N–H and O–H groups in total. The summed E-state index contributed by atoms with van der Waals surface area (Å²) in [6, 6.07) is 1.77. The van der Waals surface area contributed by atoms with Crippen LogP contribution in [0.3, 0.4) is 0 Å². The molecule has 5 nitrogen and oxygen atoms in total. The fourth-order valence-corrected chi connectivity index (χ4v) is 1.99. The molecular formula is C10H14BrN3O2. The fraction of sp³-hybridized carbons (Fsp3) is 0.600. The van der Waals surface area contributed by atoms with Crippen molar-refractivity contribution in [3.63, 3.8) is 0 Å². The molecule has 0 bridgehead atoms. The molecule has 0 aromatic carbocycles. The molecule has 1 aromatic rings. The van der Waals surface area contributed by atoms with E-state index in [9.17, 15) is 5.11 Å². The quantitative estimate of drug-likeness (QED) is 0.818. The number of hydrogen-bond donors (Lipinski definition) is 2. The number of halogens is 1. The van der Waals surface area contributed by atoms with Gasteiger partial charge in [0.2, 0.25) is 0 Å². The molecule has 0 saturated carbocycles. The second-order valence-corrected chi connectivity index (χ2v) is 4.76. The highest BCUT2D eigenvalue weighted by Crippen LogP contribution is 2.25. The number of rotatable bonds is 3. The van der Waals surface area contributed by atoms with E-state index in [4.69, 9.17) is 4.74 Å².